The molecule has 12 nitrogen and oxygen atoms in total. The van der Waals surface area contributed by atoms with Gasteiger partial charge in [0, 0.05) is 12.8 Å². The highest BCUT2D eigenvalue weighted by atomic mass is 32.2. The molecule has 0 aliphatic carbocycles. The number of unbranched alkanes of at least 4 members (excludes halogenated alkanes) is 27. The summed E-state index contributed by atoms with van der Waals surface area (Å²) in [6, 6.07) is 0. The number of hydrogen-bond donors (Lipinski definition) is 4. The van der Waals surface area contributed by atoms with Crippen molar-refractivity contribution in [2.24, 2.45) is 0 Å². The molecule has 13 heteroatoms. The van der Waals surface area contributed by atoms with Crippen LogP contribution in [0.25, 0.3) is 0 Å². The van der Waals surface area contributed by atoms with E-state index in [1.54, 1.807) is 0 Å². The third-order valence-corrected chi connectivity index (χ3v) is 12.9. The average molecular weight is 957 g/mol. The van der Waals surface area contributed by atoms with Gasteiger partial charge in [-0.05, 0) is 70.6 Å². The van der Waals surface area contributed by atoms with Crippen LogP contribution in [0.4, 0.5) is 0 Å². The molecule has 0 aromatic heterocycles. The van der Waals surface area contributed by atoms with Crippen LogP contribution in [0.3, 0.4) is 0 Å². The molecule has 0 aromatic rings. The van der Waals surface area contributed by atoms with Crippen molar-refractivity contribution in [3.8, 4) is 0 Å². The summed E-state index contributed by atoms with van der Waals surface area (Å²) in [5, 5.41) is 31.0. The number of carbonyl (C=O) groups excluding carboxylic acids is 2. The van der Waals surface area contributed by atoms with E-state index in [2.05, 4.69) is 50.3 Å². The molecule has 0 bridgehead atoms. The molecular weight excluding hydrogens is 861 g/mol. The van der Waals surface area contributed by atoms with Crippen molar-refractivity contribution in [3.63, 3.8) is 0 Å². The maximum absolute atomic E-state index is 12.9. The van der Waals surface area contributed by atoms with Gasteiger partial charge in [0.25, 0.3) is 10.1 Å². The van der Waals surface area contributed by atoms with Gasteiger partial charge in [-0.3, -0.25) is 14.1 Å². The lowest BCUT2D eigenvalue weighted by molar-refractivity contribution is -0.297. The highest BCUT2D eigenvalue weighted by Crippen LogP contribution is 2.24. The zero-order valence-corrected chi connectivity index (χ0v) is 42.4. The first-order chi connectivity index (χ1) is 32.0. The Morgan fingerprint density at radius 2 is 0.909 bits per heavy atom. The number of rotatable bonds is 45. The number of carbonyl (C=O) groups is 2. The van der Waals surface area contributed by atoms with Crippen LogP contribution in [-0.4, -0.2) is 96.0 Å². The summed E-state index contributed by atoms with van der Waals surface area (Å²) in [6.07, 6.45) is 41.8. The van der Waals surface area contributed by atoms with Crippen LogP contribution in [0, 0.1) is 0 Å². The number of aliphatic hydroxyl groups excluding tert-OH is 3. The van der Waals surface area contributed by atoms with Gasteiger partial charge in [-0.1, -0.05) is 185 Å². The largest absolute Gasteiger partial charge is 0.462 e. The lowest BCUT2D eigenvalue weighted by atomic mass is 10.00. The van der Waals surface area contributed by atoms with E-state index < -0.39 is 71.2 Å². The van der Waals surface area contributed by atoms with Gasteiger partial charge in [0.1, 0.15) is 36.8 Å². The third kappa shape index (κ3) is 36.9. The predicted molar refractivity (Wildman–Crippen MR) is 266 cm³/mol. The molecule has 1 fully saturated rings. The third-order valence-electron chi connectivity index (χ3n) is 12.2. The Kier molecular flexibility index (Phi) is 40.3. The highest BCUT2D eigenvalue weighted by Gasteiger charge is 2.46. The van der Waals surface area contributed by atoms with Gasteiger partial charge >= 0.3 is 11.9 Å². The van der Waals surface area contributed by atoms with Crippen molar-refractivity contribution >= 4 is 22.1 Å². The van der Waals surface area contributed by atoms with Gasteiger partial charge < -0.3 is 34.3 Å². The molecule has 0 radical (unpaired) electrons. The molecule has 6 atom stereocenters. The van der Waals surface area contributed by atoms with E-state index in [4.69, 9.17) is 18.9 Å². The molecule has 1 aliphatic rings. The molecule has 1 aliphatic heterocycles. The van der Waals surface area contributed by atoms with E-state index >= 15 is 0 Å². The molecule has 6 unspecified atom stereocenters. The number of ether oxygens (including phenoxy) is 4. The Morgan fingerprint density at radius 1 is 0.515 bits per heavy atom. The number of hydrogen-bond acceptors (Lipinski definition) is 11. The van der Waals surface area contributed by atoms with Crippen LogP contribution in [-0.2, 0) is 38.7 Å². The van der Waals surface area contributed by atoms with Crippen molar-refractivity contribution in [2.45, 2.75) is 269 Å². The molecule has 0 amide bonds. The van der Waals surface area contributed by atoms with Crippen LogP contribution in [0.2, 0.25) is 0 Å². The fourth-order valence-corrected chi connectivity index (χ4v) is 8.75. The summed E-state index contributed by atoms with van der Waals surface area (Å²) in [6.45, 7) is 3.76. The van der Waals surface area contributed by atoms with E-state index in [1.807, 2.05) is 0 Å². The lowest BCUT2D eigenvalue weighted by Crippen LogP contribution is -2.60. The lowest BCUT2D eigenvalue weighted by Gasteiger charge is -2.40. The molecule has 4 N–H and O–H groups in total. The second-order valence-electron chi connectivity index (χ2n) is 18.5. The molecular formula is C53H96O12S. The zero-order valence-electron chi connectivity index (χ0n) is 41.6. The topological polar surface area (TPSA) is 186 Å². The van der Waals surface area contributed by atoms with Crippen molar-refractivity contribution in [2.75, 3.05) is 19.0 Å². The SMILES string of the molecule is CCCCC/C=C\C/C=C\CCCCCCCCCC(=O)OC(COC(=O)CCCCCCCCCCC/C=C\CCCCCCCCCC)COC1OC(CS(=O)(=O)O)C(O)C(O)C1O. The zero-order chi connectivity index (χ0) is 48.4. The minimum Gasteiger partial charge on any atom is -0.462 e. The van der Waals surface area contributed by atoms with Crippen LogP contribution >= 0.6 is 0 Å². The summed E-state index contributed by atoms with van der Waals surface area (Å²) in [4.78, 5) is 25.5. The molecule has 0 aromatic carbocycles. The van der Waals surface area contributed by atoms with E-state index in [1.165, 1.54) is 135 Å². The predicted octanol–water partition coefficient (Wildman–Crippen LogP) is 12.1. The van der Waals surface area contributed by atoms with Gasteiger partial charge in [0.15, 0.2) is 12.4 Å². The summed E-state index contributed by atoms with van der Waals surface area (Å²) in [5.74, 6) is -1.99. The Bertz CT molecular complexity index is 1350. The number of aliphatic hydroxyl groups is 3. The summed E-state index contributed by atoms with van der Waals surface area (Å²) >= 11 is 0. The Morgan fingerprint density at radius 3 is 1.38 bits per heavy atom. The monoisotopic (exact) mass is 957 g/mol. The van der Waals surface area contributed by atoms with E-state index in [9.17, 15) is 37.9 Å². The van der Waals surface area contributed by atoms with E-state index in [-0.39, 0.29) is 19.4 Å². The Hall–Kier alpha value is -2.13. The molecule has 1 rings (SSSR count). The maximum Gasteiger partial charge on any atom is 0.306 e. The quantitative estimate of drug-likeness (QED) is 0.0196. The number of esters is 2. The highest BCUT2D eigenvalue weighted by molar-refractivity contribution is 7.85. The van der Waals surface area contributed by atoms with Gasteiger partial charge in [0.2, 0.25) is 0 Å². The summed E-state index contributed by atoms with van der Waals surface area (Å²) < 4.78 is 54.3. The minimum absolute atomic E-state index is 0.156. The van der Waals surface area contributed by atoms with E-state index in [0.29, 0.717) is 12.8 Å². The molecule has 66 heavy (non-hydrogen) atoms. The van der Waals surface area contributed by atoms with Crippen molar-refractivity contribution < 1.29 is 56.8 Å². The summed E-state index contributed by atoms with van der Waals surface area (Å²) in [7, 11) is -4.61. The second kappa shape index (κ2) is 42.9. The fraction of sp³-hybridized carbons (Fsp3) is 0.849. The van der Waals surface area contributed by atoms with Gasteiger partial charge in [-0.15, -0.1) is 0 Å². The van der Waals surface area contributed by atoms with Gasteiger partial charge in [0.05, 0.1) is 6.61 Å². The molecule has 0 spiro atoms. The molecule has 386 valence electrons. The molecule has 1 saturated heterocycles. The van der Waals surface area contributed by atoms with Gasteiger partial charge in [-0.2, -0.15) is 8.42 Å². The standard InChI is InChI=1S/C53H96O12S/c1-3-5-7-9-11-13-15-17-19-21-22-23-24-26-27-29-31-33-35-37-39-41-48(54)62-43-46(44-63-53-52(58)51(57)50(56)47(65-53)45-66(59,60)61)64-49(55)42-40-38-36-34-32-30-28-25-20-18-16-14-12-10-8-6-4-2/h12,14,18,20-22,46-47,50-53,56-58H,3-11,13,15-17,19,23-45H2,1-2H3,(H,59,60,61)/b14-12-,20-18-,22-21-. The smallest absolute Gasteiger partial charge is 0.306 e. The average Bonchev–Trinajstić information content (AvgIpc) is 3.28. The minimum atomic E-state index is -4.61. The normalized spacial score (nSPS) is 19.6. The summed E-state index contributed by atoms with van der Waals surface area (Å²) in [5.41, 5.74) is 0. The van der Waals surface area contributed by atoms with Crippen molar-refractivity contribution in [1.82, 2.24) is 0 Å². The van der Waals surface area contributed by atoms with Crippen LogP contribution in [0.15, 0.2) is 36.5 Å². The van der Waals surface area contributed by atoms with Crippen LogP contribution in [0.5, 0.6) is 0 Å². The van der Waals surface area contributed by atoms with Crippen molar-refractivity contribution in [3.05, 3.63) is 36.5 Å². The Labute approximate surface area is 401 Å². The van der Waals surface area contributed by atoms with Gasteiger partial charge in [-0.25, -0.2) is 0 Å². The fourth-order valence-electron chi connectivity index (χ4n) is 8.06. The first kappa shape index (κ1) is 61.9. The molecule has 0 saturated carbocycles. The van der Waals surface area contributed by atoms with Crippen molar-refractivity contribution in [1.29, 1.82) is 0 Å². The maximum atomic E-state index is 12.9. The van der Waals surface area contributed by atoms with E-state index in [0.717, 1.165) is 57.8 Å². The Balaban J connectivity index is 2.35. The number of allylic oxidation sites excluding steroid dienone is 6. The molecule has 1 heterocycles. The first-order valence-corrected chi connectivity index (χ1v) is 28.2. The van der Waals surface area contributed by atoms with Crippen LogP contribution < -0.4 is 0 Å². The van der Waals surface area contributed by atoms with Crippen LogP contribution in [0.1, 0.15) is 232 Å². The first-order valence-electron chi connectivity index (χ1n) is 26.5. The second-order valence-corrected chi connectivity index (χ2v) is 20.0.